The highest BCUT2D eigenvalue weighted by Crippen LogP contribution is 2.05. The van der Waals surface area contributed by atoms with E-state index in [0.29, 0.717) is 6.54 Å². The van der Waals surface area contributed by atoms with Crippen LogP contribution in [0.1, 0.15) is 31.0 Å². The highest BCUT2D eigenvalue weighted by atomic mass is 16.4. The third-order valence-corrected chi connectivity index (χ3v) is 2.80. The van der Waals surface area contributed by atoms with Crippen molar-refractivity contribution in [3.05, 3.63) is 29.6 Å². The van der Waals surface area contributed by atoms with Gasteiger partial charge in [0.1, 0.15) is 0 Å². The average Bonchev–Trinajstić information content (AvgIpc) is 2.42. The van der Waals surface area contributed by atoms with Crippen molar-refractivity contribution < 1.29 is 14.7 Å². The Morgan fingerprint density at radius 2 is 2.26 bits per heavy atom. The van der Waals surface area contributed by atoms with Crippen molar-refractivity contribution >= 4 is 11.9 Å². The van der Waals surface area contributed by atoms with E-state index < -0.39 is 12.0 Å². The number of nitrogens with one attached hydrogen (secondary N) is 1. The van der Waals surface area contributed by atoms with Crippen molar-refractivity contribution in [3.8, 4) is 0 Å². The standard InChI is InChI=1S/C13H19N3O3/c1-2-9-4-3-7-15-11(9)8-16-13(19)10(14)5-6-12(17)18/h3-4,7,10H,2,5-6,8,14H2,1H3,(H,16,19)(H,17,18). The topological polar surface area (TPSA) is 105 Å². The fourth-order valence-corrected chi connectivity index (χ4v) is 1.66. The lowest BCUT2D eigenvalue weighted by Crippen LogP contribution is -2.40. The van der Waals surface area contributed by atoms with E-state index in [4.69, 9.17) is 10.8 Å². The predicted molar refractivity (Wildman–Crippen MR) is 70.3 cm³/mol. The minimum Gasteiger partial charge on any atom is -0.481 e. The number of carbonyl (C=O) groups excluding carboxylic acids is 1. The highest BCUT2D eigenvalue weighted by Gasteiger charge is 2.15. The molecule has 1 rings (SSSR count). The first-order valence-electron chi connectivity index (χ1n) is 6.22. The number of pyridine rings is 1. The molecule has 0 aliphatic rings. The van der Waals surface area contributed by atoms with Gasteiger partial charge in [0, 0.05) is 12.6 Å². The third-order valence-electron chi connectivity index (χ3n) is 2.80. The van der Waals surface area contributed by atoms with Crippen molar-refractivity contribution in [3.63, 3.8) is 0 Å². The summed E-state index contributed by atoms with van der Waals surface area (Å²) < 4.78 is 0. The fraction of sp³-hybridized carbons (Fsp3) is 0.462. The van der Waals surface area contributed by atoms with E-state index >= 15 is 0 Å². The van der Waals surface area contributed by atoms with E-state index in [-0.39, 0.29) is 18.7 Å². The Hall–Kier alpha value is -1.95. The number of carboxylic acids is 1. The van der Waals surface area contributed by atoms with Gasteiger partial charge in [-0.2, -0.15) is 0 Å². The molecule has 1 amide bonds. The molecule has 1 atom stereocenters. The predicted octanol–water partition coefficient (Wildman–Crippen LogP) is 0.452. The van der Waals surface area contributed by atoms with Gasteiger partial charge >= 0.3 is 5.97 Å². The summed E-state index contributed by atoms with van der Waals surface area (Å²) in [4.78, 5) is 26.3. The Labute approximate surface area is 112 Å². The summed E-state index contributed by atoms with van der Waals surface area (Å²) in [5, 5.41) is 11.2. The van der Waals surface area contributed by atoms with Crippen LogP contribution in [-0.2, 0) is 22.6 Å². The number of rotatable bonds is 7. The number of aromatic nitrogens is 1. The number of aryl methyl sites for hydroxylation is 1. The Morgan fingerprint density at radius 3 is 2.89 bits per heavy atom. The fourth-order valence-electron chi connectivity index (χ4n) is 1.66. The zero-order valence-corrected chi connectivity index (χ0v) is 10.9. The molecule has 0 aromatic carbocycles. The van der Waals surface area contributed by atoms with Gasteiger partial charge in [0.05, 0.1) is 18.3 Å². The normalized spacial score (nSPS) is 11.9. The van der Waals surface area contributed by atoms with E-state index in [2.05, 4.69) is 10.3 Å². The molecule has 6 heteroatoms. The quantitative estimate of drug-likeness (QED) is 0.664. The van der Waals surface area contributed by atoms with Gasteiger partial charge in [0.15, 0.2) is 0 Å². The maximum Gasteiger partial charge on any atom is 0.303 e. The summed E-state index contributed by atoms with van der Waals surface area (Å²) >= 11 is 0. The number of nitrogens with two attached hydrogens (primary N) is 1. The third kappa shape index (κ3) is 5.05. The number of carboxylic acid groups (broad SMARTS) is 1. The van der Waals surface area contributed by atoms with Gasteiger partial charge in [-0.3, -0.25) is 14.6 Å². The van der Waals surface area contributed by atoms with Gasteiger partial charge in [0.25, 0.3) is 0 Å². The average molecular weight is 265 g/mol. The second-order valence-corrected chi connectivity index (χ2v) is 4.22. The monoisotopic (exact) mass is 265 g/mol. The molecule has 19 heavy (non-hydrogen) atoms. The molecule has 0 spiro atoms. The number of hydrogen-bond acceptors (Lipinski definition) is 4. The minimum atomic E-state index is -0.957. The molecule has 0 aliphatic heterocycles. The van der Waals surface area contributed by atoms with Crippen LogP contribution in [0.2, 0.25) is 0 Å². The van der Waals surface area contributed by atoms with E-state index in [1.807, 2.05) is 19.1 Å². The lowest BCUT2D eigenvalue weighted by Gasteiger charge is -2.12. The molecule has 0 fully saturated rings. The molecular weight excluding hydrogens is 246 g/mol. The van der Waals surface area contributed by atoms with Crippen LogP contribution >= 0.6 is 0 Å². The van der Waals surface area contributed by atoms with Crippen LogP contribution in [-0.4, -0.2) is 28.0 Å². The van der Waals surface area contributed by atoms with Crippen LogP contribution in [0.3, 0.4) is 0 Å². The molecule has 104 valence electrons. The van der Waals surface area contributed by atoms with E-state index in [1.165, 1.54) is 0 Å². The molecule has 1 aromatic heterocycles. The Bertz CT molecular complexity index is 449. The molecule has 4 N–H and O–H groups in total. The summed E-state index contributed by atoms with van der Waals surface area (Å²) in [5.41, 5.74) is 7.48. The first-order valence-corrected chi connectivity index (χ1v) is 6.22. The maximum absolute atomic E-state index is 11.7. The largest absolute Gasteiger partial charge is 0.481 e. The Balaban J connectivity index is 2.47. The lowest BCUT2D eigenvalue weighted by molar-refractivity contribution is -0.137. The highest BCUT2D eigenvalue weighted by molar-refractivity contribution is 5.82. The van der Waals surface area contributed by atoms with Gasteiger partial charge in [-0.1, -0.05) is 13.0 Å². The molecule has 0 saturated carbocycles. The number of hydrogen-bond donors (Lipinski definition) is 3. The number of nitrogens with zero attached hydrogens (tertiary/aromatic N) is 1. The summed E-state index contributed by atoms with van der Waals surface area (Å²) in [6, 6.07) is 3.01. The van der Waals surface area contributed by atoms with Crippen LogP contribution in [0.15, 0.2) is 18.3 Å². The van der Waals surface area contributed by atoms with Crippen LogP contribution in [0.25, 0.3) is 0 Å². The van der Waals surface area contributed by atoms with Crippen molar-refractivity contribution in [2.24, 2.45) is 5.73 Å². The van der Waals surface area contributed by atoms with Gasteiger partial charge in [0.2, 0.25) is 5.91 Å². The molecule has 1 heterocycles. The van der Waals surface area contributed by atoms with Gasteiger partial charge < -0.3 is 16.2 Å². The van der Waals surface area contributed by atoms with Crippen molar-refractivity contribution in [1.82, 2.24) is 10.3 Å². The summed E-state index contributed by atoms with van der Waals surface area (Å²) in [6.07, 6.45) is 2.53. The molecular formula is C13H19N3O3. The van der Waals surface area contributed by atoms with Crippen LogP contribution in [0.5, 0.6) is 0 Å². The van der Waals surface area contributed by atoms with Crippen molar-refractivity contribution in [1.29, 1.82) is 0 Å². The Kier molecular flexibility index (Phi) is 5.95. The minimum absolute atomic E-state index is 0.113. The smallest absolute Gasteiger partial charge is 0.303 e. The first-order chi connectivity index (χ1) is 9.04. The van der Waals surface area contributed by atoms with Gasteiger partial charge in [-0.05, 0) is 24.5 Å². The second-order valence-electron chi connectivity index (χ2n) is 4.22. The summed E-state index contributed by atoms with van der Waals surface area (Å²) in [7, 11) is 0. The molecule has 0 radical (unpaired) electrons. The molecule has 1 aromatic rings. The van der Waals surface area contributed by atoms with Crippen LogP contribution in [0.4, 0.5) is 0 Å². The molecule has 1 unspecified atom stereocenters. The van der Waals surface area contributed by atoms with E-state index in [0.717, 1.165) is 17.7 Å². The van der Waals surface area contributed by atoms with E-state index in [9.17, 15) is 9.59 Å². The number of amides is 1. The Morgan fingerprint density at radius 1 is 1.53 bits per heavy atom. The SMILES string of the molecule is CCc1cccnc1CNC(=O)C(N)CCC(=O)O. The number of aliphatic carboxylic acids is 1. The van der Waals surface area contributed by atoms with Crippen molar-refractivity contribution in [2.45, 2.75) is 38.8 Å². The molecule has 0 aliphatic carbocycles. The summed E-state index contributed by atoms with van der Waals surface area (Å²) in [5.74, 6) is -1.31. The maximum atomic E-state index is 11.7. The van der Waals surface area contributed by atoms with Crippen LogP contribution in [0, 0.1) is 0 Å². The lowest BCUT2D eigenvalue weighted by atomic mass is 10.1. The van der Waals surface area contributed by atoms with Crippen LogP contribution < -0.4 is 11.1 Å². The summed E-state index contributed by atoms with van der Waals surface area (Å²) in [6.45, 7) is 2.32. The van der Waals surface area contributed by atoms with Crippen molar-refractivity contribution in [2.75, 3.05) is 0 Å². The molecule has 0 bridgehead atoms. The van der Waals surface area contributed by atoms with E-state index in [1.54, 1.807) is 6.20 Å². The van der Waals surface area contributed by atoms with Gasteiger partial charge in [-0.25, -0.2) is 0 Å². The number of carbonyl (C=O) groups is 2. The zero-order chi connectivity index (χ0) is 14.3. The molecule has 6 nitrogen and oxygen atoms in total. The second kappa shape index (κ2) is 7.48. The van der Waals surface area contributed by atoms with Gasteiger partial charge in [-0.15, -0.1) is 0 Å². The molecule has 0 saturated heterocycles. The zero-order valence-electron chi connectivity index (χ0n) is 10.9. The first kappa shape index (κ1) is 15.1.